The van der Waals surface area contributed by atoms with Gasteiger partial charge < -0.3 is 0 Å². The van der Waals surface area contributed by atoms with Gasteiger partial charge in [-0.25, -0.2) is 4.98 Å². The van der Waals surface area contributed by atoms with Crippen LogP contribution in [-0.2, 0) is 6.42 Å². The Morgan fingerprint density at radius 3 is 2.52 bits per heavy atom. The summed E-state index contributed by atoms with van der Waals surface area (Å²) in [5.74, 6) is 0.527. The molecule has 128 valence electrons. The van der Waals surface area contributed by atoms with Crippen molar-refractivity contribution in [2.45, 2.75) is 27.2 Å². The minimum atomic E-state index is -0.119. The summed E-state index contributed by atoms with van der Waals surface area (Å²) in [6.07, 6.45) is 1.08. The van der Waals surface area contributed by atoms with E-state index in [1.54, 1.807) is 0 Å². The summed E-state index contributed by atoms with van der Waals surface area (Å²) >= 11 is 1.45. The number of nitrogens with one attached hydrogen (secondary N) is 1. The summed E-state index contributed by atoms with van der Waals surface area (Å²) in [6, 6.07) is 16.1. The quantitative estimate of drug-likeness (QED) is 0.653. The van der Waals surface area contributed by atoms with E-state index in [1.807, 2.05) is 36.6 Å². The predicted molar refractivity (Wildman–Crippen MR) is 105 cm³/mol. The summed E-state index contributed by atoms with van der Waals surface area (Å²) in [6.45, 7) is 6.37. The number of aromatic nitrogens is 1. The van der Waals surface area contributed by atoms with E-state index in [2.05, 4.69) is 48.4 Å². The molecule has 2 aromatic carbocycles. The van der Waals surface area contributed by atoms with Crippen LogP contribution in [0.3, 0.4) is 0 Å². The average molecular weight is 350 g/mol. The molecule has 0 spiro atoms. The van der Waals surface area contributed by atoms with Gasteiger partial charge in [-0.05, 0) is 36.5 Å². The fourth-order valence-corrected chi connectivity index (χ4v) is 3.45. The number of nitrogens with zero attached hydrogens (tertiary/aromatic N) is 1. The van der Waals surface area contributed by atoms with Crippen molar-refractivity contribution in [3.8, 4) is 11.3 Å². The van der Waals surface area contributed by atoms with Crippen LogP contribution in [0.15, 0.2) is 53.9 Å². The molecule has 0 aliphatic heterocycles. The zero-order valence-corrected chi connectivity index (χ0v) is 15.6. The molecular formula is C21H22N2OS. The largest absolute Gasteiger partial charge is 0.298 e. The van der Waals surface area contributed by atoms with Crippen molar-refractivity contribution in [3.63, 3.8) is 0 Å². The topological polar surface area (TPSA) is 42.0 Å². The molecule has 3 aromatic rings. The SMILES string of the molecule is Cc1ccccc1C(=O)Nc1nc(-c2ccc(CC(C)C)cc2)cs1. The van der Waals surface area contributed by atoms with Gasteiger partial charge in [-0.1, -0.05) is 56.3 Å². The van der Waals surface area contributed by atoms with E-state index in [0.29, 0.717) is 16.6 Å². The van der Waals surface area contributed by atoms with Gasteiger partial charge in [0.25, 0.3) is 5.91 Å². The molecule has 0 aliphatic rings. The first-order valence-corrected chi connectivity index (χ1v) is 9.32. The second-order valence-corrected chi connectivity index (χ2v) is 7.46. The fourth-order valence-electron chi connectivity index (χ4n) is 2.74. The molecule has 0 saturated heterocycles. The molecule has 1 aromatic heterocycles. The number of amides is 1. The highest BCUT2D eigenvalue weighted by Crippen LogP contribution is 2.26. The first-order chi connectivity index (χ1) is 12.0. The van der Waals surface area contributed by atoms with E-state index in [1.165, 1.54) is 16.9 Å². The summed E-state index contributed by atoms with van der Waals surface area (Å²) in [5.41, 5.74) is 4.93. The highest BCUT2D eigenvalue weighted by atomic mass is 32.1. The monoisotopic (exact) mass is 350 g/mol. The van der Waals surface area contributed by atoms with Crippen LogP contribution in [0.4, 0.5) is 5.13 Å². The zero-order valence-electron chi connectivity index (χ0n) is 14.7. The Kier molecular flexibility index (Phi) is 5.29. The van der Waals surface area contributed by atoms with E-state index in [0.717, 1.165) is 23.2 Å². The van der Waals surface area contributed by atoms with Crippen LogP contribution in [0, 0.1) is 12.8 Å². The van der Waals surface area contributed by atoms with Gasteiger partial charge in [0, 0.05) is 16.5 Å². The lowest BCUT2D eigenvalue weighted by Gasteiger charge is -2.05. The summed E-state index contributed by atoms with van der Waals surface area (Å²) < 4.78 is 0. The predicted octanol–water partition coefficient (Wildman–Crippen LogP) is 5.57. The smallest absolute Gasteiger partial charge is 0.257 e. The van der Waals surface area contributed by atoms with Gasteiger partial charge in [0.1, 0.15) is 0 Å². The minimum Gasteiger partial charge on any atom is -0.298 e. The lowest BCUT2D eigenvalue weighted by molar-refractivity contribution is 0.102. The van der Waals surface area contributed by atoms with Gasteiger partial charge in [0.2, 0.25) is 0 Å². The first-order valence-electron chi connectivity index (χ1n) is 8.45. The maximum atomic E-state index is 12.4. The molecule has 0 radical (unpaired) electrons. The molecule has 0 saturated carbocycles. The maximum absolute atomic E-state index is 12.4. The fraction of sp³-hybridized carbons (Fsp3) is 0.238. The molecule has 0 unspecified atom stereocenters. The number of benzene rings is 2. The number of hydrogen-bond donors (Lipinski definition) is 1. The van der Waals surface area contributed by atoms with E-state index in [4.69, 9.17) is 0 Å². The van der Waals surface area contributed by atoms with Crippen molar-refractivity contribution in [2.75, 3.05) is 5.32 Å². The van der Waals surface area contributed by atoms with Gasteiger partial charge in [0.15, 0.2) is 5.13 Å². The van der Waals surface area contributed by atoms with Crippen molar-refractivity contribution in [1.82, 2.24) is 4.98 Å². The Bertz CT molecular complexity index is 866. The second kappa shape index (κ2) is 7.62. The van der Waals surface area contributed by atoms with Crippen LogP contribution in [-0.4, -0.2) is 10.9 Å². The van der Waals surface area contributed by atoms with Gasteiger partial charge in [-0.2, -0.15) is 0 Å². The molecule has 1 amide bonds. The zero-order chi connectivity index (χ0) is 17.8. The Balaban J connectivity index is 1.72. The highest BCUT2D eigenvalue weighted by molar-refractivity contribution is 7.14. The van der Waals surface area contributed by atoms with Gasteiger partial charge in [-0.3, -0.25) is 10.1 Å². The van der Waals surface area contributed by atoms with Gasteiger partial charge >= 0.3 is 0 Å². The van der Waals surface area contributed by atoms with Crippen LogP contribution in [0.25, 0.3) is 11.3 Å². The first kappa shape index (κ1) is 17.4. The molecule has 4 heteroatoms. The normalized spacial score (nSPS) is 10.9. The van der Waals surface area contributed by atoms with Crippen LogP contribution >= 0.6 is 11.3 Å². The standard InChI is InChI=1S/C21H22N2OS/c1-14(2)12-16-8-10-17(11-9-16)19-13-25-21(22-19)23-20(24)18-7-5-4-6-15(18)3/h4-11,13-14H,12H2,1-3H3,(H,22,23,24). The molecule has 3 rings (SSSR count). The Morgan fingerprint density at radius 2 is 1.84 bits per heavy atom. The minimum absolute atomic E-state index is 0.119. The molecule has 0 fully saturated rings. The molecule has 1 heterocycles. The molecule has 0 bridgehead atoms. The average Bonchev–Trinajstić information content (AvgIpc) is 3.04. The summed E-state index contributed by atoms with van der Waals surface area (Å²) in [7, 11) is 0. The number of aryl methyl sites for hydroxylation is 1. The number of hydrogen-bond acceptors (Lipinski definition) is 3. The second-order valence-electron chi connectivity index (χ2n) is 6.60. The number of carbonyl (C=O) groups excluding carboxylic acids is 1. The summed E-state index contributed by atoms with van der Waals surface area (Å²) in [4.78, 5) is 16.9. The van der Waals surface area contributed by atoms with Crippen molar-refractivity contribution in [3.05, 3.63) is 70.6 Å². The summed E-state index contributed by atoms with van der Waals surface area (Å²) in [5, 5.41) is 5.49. The van der Waals surface area contributed by atoms with Crippen molar-refractivity contribution >= 4 is 22.4 Å². The Hall–Kier alpha value is -2.46. The molecule has 3 nitrogen and oxygen atoms in total. The van der Waals surface area contributed by atoms with Gasteiger partial charge in [0.05, 0.1) is 5.69 Å². The highest BCUT2D eigenvalue weighted by Gasteiger charge is 2.11. The van der Waals surface area contributed by atoms with E-state index in [-0.39, 0.29) is 5.91 Å². The Labute approximate surface area is 152 Å². The number of thiazole rings is 1. The van der Waals surface area contributed by atoms with Crippen molar-refractivity contribution < 1.29 is 4.79 Å². The van der Waals surface area contributed by atoms with Crippen molar-refractivity contribution in [1.29, 1.82) is 0 Å². The Morgan fingerprint density at radius 1 is 1.12 bits per heavy atom. The third-order valence-electron chi connectivity index (χ3n) is 4.01. The van der Waals surface area contributed by atoms with Gasteiger partial charge in [-0.15, -0.1) is 11.3 Å². The van der Waals surface area contributed by atoms with Crippen LogP contribution < -0.4 is 5.32 Å². The number of anilines is 1. The van der Waals surface area contributed by atoms with E-state index < -0.39 is 0 Å². The molecule has 0 atom stereocenters. The lowest BCUT2D eigenvalue weighted by Crippen LogP contribution is -2.12. The van der Waals surface area contributed by atoms with Crippen LogP contribution in [0.1, 0.15) is 35.3 Å². The maximum Gasteiger partial charge on any atom is 0.257 e. The lowest BCUT2D eigenvalue weighted by atomic mass is 10.0. The molecule has 0 aliphatic carbocycles. The van der Waals surface area contributed by atoms with Crippen LogP contribution in [0.2, 0.25) is 0 Å². The van der Waals surface area contributed by atoms with Crippen molar-refractivity contribution in [2.24, 2.45) is 5.92 Å². The molecule has 25 heavy (non-hydrogen) atoms. The molecular weight excluding hydrogens is 328 g/mol. The van der Waals surface area contributed by atoms with E-state index >= 15 is 0 Å². The number of rotatable bonds is 5. The third kappa shape index (κ3) is 4.34. The number of carbonyl (C=O) groups is 1. The van der Waals surface area contributed by atoms with Crippen LogP contribution in [0.5, 0.6) is 0 Å². The molecule has 1 N–H and O–H groups in total. The third-order valence-corrected chi connectivity index (χ3v) is 4.77. The van der Waals surface area contributed by atoms with E-state index in [9.17, 15) is 4.79 Å².